The molecule has 4 heterocycles. The molecule has 0 unspecified atom stereocenters. The van der Waals surface area contributed by atoms with Gasteiger partial charge in [0.2, 0.25) is 5.91 Å². The molecule has 0 spiro atoms. The first-order chi connectivity index (χ1) is 15.3. The zero-order valence-corrected chi connectivity index (χ0v) is 18.0. The van der Waals surface area contributed by atoms with E-state index in [1.54, 1.807) is 17.7 Å². The van der Waals surface area contributed by atoms with Crippen LogP contribution in [0, 0.1) is 5.92 Å². The number of carbonyl (C=O) groups excluding carboxylic acids is 1. The molecule has 2 N–H and O–H groups in total. The Labute approximate surface area is 183 Å². The van der Waals surface area contributed by atoms with Crippen molar-refractivity contribution in [2.75, 3.05) is 18.4 Å². The minimum absolute atomic E-state index is 0.103. The van der Waals surface area contributed by atoms with E-state index in [0.717, 1.165) is 77.8 Å². The van der Waals surface area contributed by atoms with Gasteiger partial charge in [0.15, 0.2) is 0 Å². The maximum absolute atomic E-state index is 13.1. The van der Waals surface area contributed by atoms with E-state index < -0.39 is 0 Å². The molecule has 0 radical (unpaired) electrons. The van der Waals surface area contributed by atoms with Gasteiger partial charge in [-0.1, -0.05) is 0 Å². The van der Waals surface area contributed by atoms with Crippen molar-refractivity contribution in [3.05, 3.63) is 41.2 Å². The number of piperidine rings is 1. The lowest BCUT2D eigenvalue weighted by molar-refractivity contribution is -0.136. The highest BCUT2D eigenvalue weighted by atomic mass is 32.1. The number of anilines is 2. The largest absolute Gasteiger partial charge is 0.342 e. The summed E-state index contributed by atoms with van der Waals surface area (Å²) in [5.74, 6) is 1.29. The first-order valence-corrected chi connectivity index (χ1v) is 11.8. The van der Waals surface area contributed by atoms with Gasteiger partial charge in [0.1, 0.15) is 17.0 Å². The number of fused-ring (bicyclic) bond motifs is 4. The second-order valence-electron chi connectivity index (χ2n) is 8.53. The summed E-state index contributed by atoms with van der Waals surface area (Å²) in [7, 11) is 0. The zero-order chi connectivity index (χ0) is 20.8. The van der Waals surface area contributed by atoms with Gasteiger partial charge in [0.05, 0.1) is 17.1 Å². The number of amides is 1. The number of thiophene rings is 1. The molecule has 4 aromatic rings. The number of hydrogen-bond acceptors (Lipinski definition) is 6. The van der Waals surface area contributed by atoms with Crippen LogP contribution in [-0.2, 0) is 17.6 Å². The Bertz CT molecular complexity index is 1270. The molecule has 0 bridgehead atoms. The lowest BCUT2D eigenvalue weighted by Gasteiger charge is -2.32. The van der Waals surface area contributed by atoms with Gasteiger partial charge in [-0.25, -0.2) is 9.97 Å². The maximum atomic E-state index is 13.1. The molecule has 0 saturated carbocycles. The van der Waals surface area contributed by atoms with Gasteiger partial charge in [0.25, 0.3) is 0 Å². The monoisotopic (exact) mass is 432 g/mol. The fraction of sp³-hybridized carbons (Fsp3) is 0.391. The summed E-state index contributed by atoms with van der Waals surface area (Å²) in [5.41, 5.74) is 3.30. The molecular weight excluding hydrogens is 408 g/mol. The summed E-state index contributed by atoms with van der Waals surface area (Å²) >= 11 is 1.72. The van der Waals surface area contributed by atoms with E-state index in [2.05, 4.69) is 36.4 Å². The Kier molecular flexibility index (Phi) is 4.60. The number of likely N-dealkylation sites (tertiary alicyclic amines) is 1. The SMILES string of the molecule is O=C([C@H]1CCc2c(sc3ncnc(Nc4ccc5[nH]ncc5c4)c23)C1)N1CCCCC1. The molecule has 1 saturated heterocycles. The number of nitrogens with one attached hydrogen (secondary N) is 2. The highest BCUT2D eigenvalue weighted by molar-refractivity contribution is 7.19. The average Bonchev–Trinajstić information content (AvgIpc) is 3.43. The Morgan fingerprint density at radius 3 is 3.00 bits per heavy atom. The predicted octanol–water partition coefficient (Wildman–Crippen LogP) is 4.43. The van der Waals surface area contributed by atoms with E-state index in [0.29, 0.717) is 5.91 Å². The summed E-state index contributed by atoms with van der Waals surface area (Å²) in [6, 6.07) is 6.11. The Morgan fingerprint density at radius 1 is 1.19 bits per heavy atom. The third-order valence-corrected chi connectivity index (χ3v) is 7.73. The summed E-state index contributed by atoms with van der Waals surface area (Å²) < 4.78 is 0. The predicted molar refractivity (Wildman–Crippen MR) is 123 cm³/mol. The number of hydrogen-bond donors (Lipinski definition) is 2. The normalized spacial score (nSPS) is 19.0. The molecule has 8 heteroatoms. The Hall–Kier alpha value is -3.00. The van der Waals surface area contributed by atoms with E-state index in [4.69, 9.17) is 0 Å². The van der Waals surface area contributed by atoms with Gasteiger partial charge in [0, 0.05) is 35.0 Å². The minimum atomic E-state index is 0.103. The van der Waals surface area contributed by atoms with Crippen molar-refractivity contribution in [1.82, 2.24) is 25.1 Å². The number of H-pyrrole nitrogens is 1. The van der Waals surface area contributed by atoms with Gasteiger partial charge in [-0.05, 0) is 62.3 Å². The van der Waals surface area contributed by atoms with Crippen LogP contribution in [0.2, 0.25) is 0 Å². The van der Waals surface area contributed by atoms with Gasteiger partial charge in [-0.2, -0.15) is 5.10 Å². The molecule has 1 amide bonds. The quantitative estimate of drug-likeness (QED) is 0.500. The van der Waals surface area contributed by atoms with E-state index in [1.165, 1.54) is 16.9 Å². The lowest BCUT2D eigenvalue weighted by atomic mass is 9.86. The van der Waals surface area contributed by atoms with Gasteiger partial charge in [-0.3, -0.25) is 9.89 Å². The number of aromatic nitrogens is 4. The minimum Gasteiger partial charge on any atom is -0.342 e. The molecule has 31 heavy (non-hydrogen) atoms. The van der Waals surface area contributed by atoms with Gasteiger partial charge >= 0.3 is 0 Å². The average molecular weight is 433 g/mol. The van der Waals surface area contributed by atoms with Crippen LogP contribution in [0.4, 0.5) is 11.5 Å². The second-order valence-corrected chi connectivity index (χ2v) is 9.61. The maximum Gasteiger partial charge on any atom is 0.226 e. The number of aromatic amines is 1. The van der Waals surface area contributed by atoms with Gasteiger partial charge in [-0.15, -0.1) is 11.3 Å². The number of aryl methyl sites for hydroxylation is 1. The number of benzene rings is 1. The molecule has 1 aliphatic carbocycles. The Morgan fingerprint density at radius 2 is 2.10 bits per heavy atom. The highest BCUT2D eigenvalue weighted by Crippen LogP contribution is 2.41. The zero-order valence-electron chi connectivity index (χ0n) is 17.2. The van der Waals surface area contributed by atoms with Crippen LogP contribution in [0.3, 0.4) is 0 Å². The Balaban J connectivity index is 1.30. The smallest absolute Gasteiger partial charge is 0.226 e. The summed E-state index contributed by atoms with van der Waals surface area (Å²) in [4.78, 5) is 26.5. The molecule has 158 valence electrons. The number of rotatable bonds is 3. The van der Waals surface area contributed by atoms with Crippen LogP contribution in [-0.4, -0.2) is 44.1 Å². The van der Waals surface area contributed by atoms with Crippen LogP contribution in [0.1, 0.15) is 36.1 Å². The van der Waals surface area contributed by atoms with Crippen molar-refractivity contribution in [1.29, 1.82) is 0 Å². The fourth-order valence-corrected chi connectivity index (χ4v) is 6.21. The van der Waals surface area contributed by atoms with E-state index in [-0.39, 0.29) is 5.92 Å². The molecule has 6 rings (SSSR count). The molecule has 7 nitrogen and oxygen atoms in total. The molecule has 1 fully saturated rings. The van der Waals surface area contributed by atoms with E-state index >= 15 is 0 Å². The number of nitrogens with zero attached hydrogens (tertiary/aromatic N) is 4. The van der Waals surface area contributed by atoms with Crippen LogP contribution >= 0.6 is 11.3 Å². The summed E-state index contributed by atoms with van der Waals surface area (Å²) in [5, 5.41) is 12.7. The summed E-state index contributed by atoms with van der Waals surface area (Å²) in [6.45, 7) is 1.85. The van der Waals surface area contributed by atoms with E-state index in [9.17, 15) is 4.79 Å². The first-order valence-electron chi connectivity index (χ1n) is 11.0. The van der Waals surface area contributed by atoms with Crippen molar-refractivity contribution >= 4 is 49.9 Å². The second kappa shape index (κ2) is 7.60. The van der Waals surface area contributed by atoms with Crippen molar-refractivity contribution in [3.63, 3.8) is 0 Å². The third kappa shape index (κ3) is 3.35. The topological polar surface area (TPSA) is 86.8 Å². The fourth-order valence-electron chi connectivity index (χ4n) is 4.95. The molecule has 1 atom stereocenters. The van der Waals surface area contributed by atoms with Crippen molar-refractivity contribution in [2.45, 2.75) is 38.5 Å². The molecule has 2 aliphatic rings. The molecule has 1 aromatic carbocycles. The van der Waals surface area contributed by atoms with E-state index in [1.807, 2.05) is 18.3 Å². The third-order valence-electron chi connectivity index (χ3n) is 6.57. The molecule has 3 aromatic heterocycles. The van der Waals surface area contributed by atoms with Gasteiger partial charge < -0.3 is 10.2 Å². The van der Waals surface area contributed by atoms with Crippen LogP contribution in [0.5, 0.6) is 0 Å². The van der Waals surface area contributed by atoms with Crippen LogP contribution in [0.15, 0.2) is 30.7 Å². The highest BCUT2D eigenvalue weighted by Gasteiger charge is 2.32. The van der Waals surface area contributed by atoms with Crippen molar-refractivity contribution in [3.8, 4) is 0 Å². The number of carbonyl (C=O) groups is 1. The van der Waals surface area contributed by atoms with Crippen molar-refractivity contribution in [2.24, 2.45) is 5.92 Å². The molecule has 1 aliphatic heterocycles. The van der Waals surface area contributed by atoms with Crippen LogP contribution in [0.25, 0.3) is 21.1 Å². The summed E-state index contributed by atoms with van der Waals surface area (Å²) in [6.07, 6.45) is 9.61. The molecular formula is C23H24N6OS. The van der Waals surface area contributed by atoms with Crippen LogP contribution < -0.4 is 5.32 Å². The van der Waals surface area contributed by atoms with Crippen molar-refractivity contribution < 1.29 is 4.79 Å². The lowest BCUT2D eigenvalue weighted by Crippen LogP contribution is -2.41. The standard InChI is InChI=1S/C23H24N6OS/c30-23(29-8-2-1-3-9-29)14-4-6-17-19(11-14)31-22-20(17)21(24-13-25-22)27-16-5-7-18-15(10-16)12-26-28-18/h5,7,10,12-14H,1-4,6,8-9,11H2,(H,26,28)(H,24,25,27)/t14-/m0/s1. The first kappa shape index (κ1) is 18.7.